The molecule has 0 spiro atoms. The third-order valence-electron chi connectivity index (χ3n) is 2.34. The molecule has 0 aliphatic rings. The van der Waals surface area contributed by atoms with Crippen LogP contribution in [0.4, 0.5) is 5.82 Å². The van der Waals surface area contributed by atoms with Crippen molar-refractivity contribution in [1.29, 1.82) is 0 Å². The maximum Gasteiger partial charge on any atom is 0.263 e. The van der Waals surface area contributed by atoms with E-state index in [0.717, 1.165) is 0 Å². The van der Waals surface area contributed by atoms with Gasteiger partial charge < -0.3 is 9.26 Å². The Balaban J connectivity index is 2.17. The Hall–Kier alpha value is -2.28. The molecule has 0 radical (unpaired) electrons. The Morgan fingerprint density at radius 2 is 2.00 bits per heavy atom. The van der Waals surface area contributed by atoms with E-state index in [9.17, 15) is 8.42 Å². The third kappa shape index (κ3) is 3.39. The van der Waals surface area contributed by atoms with Crippen molar-refractivity contribution >= 4 is 15.8 Å². The molecule has 1 aromatic heterocycles. The maximum atomic E-state index is 12.1. The van der Waals surface area contributed by atoms with Crippen LogP contribution >= 0.6 is 0 Å². The Bertz CT molecular complexity index is 702. The molecule has 0 aliphatic carbocycles. The van der Waals surface area contributed by atoms with E-state index in [-0.39, 0.29) is 10.7 Å². The number of nitrogens with zero attached hydrogens (tertiary/aromatic N) is 1. The first-order valence-electron chi connectivity index (χ1n) is 5.85. The molecule has 7 heteroatoms. The lowest BCUT2D eigenvalue weighted by molar-refractivity contribution is 0.400. The highest BCUT2D eigenvalue weighted by atomic mass is 32.2. The van der Waals surface area contributed by atoms with Gasteiger partial charge in [-0.05, 0) is 38.1 Å². The summed E-state index contributed by atoms with van der Waals surface area (Å²) >= 11 is 0. The number of allylic oxidation sites excluding steroid dienone is 1. The number of anilines is 1. The van der Waals surface area contributed by atoms with Gasteiger partial charge in [0.1, 0.15) is 11.5 Å². The molecule has 6 nitrogen and oxygen atoms in total. The van der Waals surface area contributed by atoms with Gasteiger partial charge in [0, 0.05) is 6.07 Å². The second kappa shape index (κ2) is 5.79. The van der Waals surface area contributed by atoms with Gasteiger partial charge in [0.15, 0.2) is 5.82 Å². The van der Waals surface area contributed by atoms with Gasteiger partial charge >= 0.3 is 0 Å². The van der Waals surface area contributed by atoms with Crippen molar-refractivity contribution in [2.45, 2.75) is 18.7 Å². The van der Waals surface area contributed by atoms with E-state index in [1.54, 1.807) is 25.1 Å². The number of hydrogen-bond acceptors (Lipinski definition) is 5. The highest BCUT2D eigenvalue weighted by Gasteiger charge is 2.16. The van der Waals surface area contributed by atoms with Gasteiger partial charge in [-0.3, -0.25) is 4.72 Å². The van der Waals surface area contributed by atoms with Crippen molar-refractivity contribution in [3.05, 3.63) is 48.4 Å². The summed E-state index contributed by atoms with van der Waals surface area (Å²) in [7, 11) is -3.68. The number of aromatic nitrogens is 1. The fourth-order valence-corrected chi connectivity index (χ4v) is 2.44. The van der Waals surface area contributed by atoms with Crippen molar-refractivity contribution in [2.75, 3.05) is 4.72 Å². The van der Waals surface area contributed by atoms with E-state index in [4.69, 9.17) is 9.26 Å². The lowest BCUT2D eigenvalue weighted by Crippen LogP contribution is -2.12. The molecule has 0 atom stereocenters. The molecule has 0 aliphatic heterocycles. The summed E-state index contributed by atoms with van der Waals surface area (Å²) in [6.45, 7) is 3.50. The van der Waals surface area contributed by atoms with Crippen molar-refractivity contribution in [2.24, 2.45) is 0 Å². The second-order valence-corrected chi connectivity index (χ2v) is 5.67. The number of benzene rings is 1. The normalized spacial score (nSPS) is 11.7. The Morgan fingerprint density at radius 3 is 2.55 bits per heavy atom. The zero-order valence-electron chi connectivity index (χ0n) is 11.0. The van der Waals surface area contributed by atoms with E-state index < -0.39 is 10.0 Å². The van der Waals surface area contributed by atoms with Crippen LogP contribution in [0.1, 0.15) is 12.7 Å². The standard InChI is InChI=1S/C13H14N2O4S/c1-3-8-18-11-4-6-12(7-5-11)20(16,17)15-13-9-10(2)19-14-13/h3-9H,1-2H3,(H,14,15). The monoisotopic (exact) mass is 294 g/mol. The van der Waals surface area contributed by atoms with Gasteiger partial charge in [0.2, 0.25) is 0 Å². The Kier molecular flexibility index (Phi) is 4.09. The van der Waals surface area contributed by atoms with Crippen LogP contribution < -0.4 is 9.46 Å². The van der Waals surface area contributed by atoms with Crippen LogP contribution in [-0.2, 0) is 10.0 Å². The zero-order chi connectivity index (χ0) is 14.6. The van der Waals surface area contributed by atoms with Crippen LogP contribution in [-0.4, -0.2) is 13.6 Å². The smallest absolute Gasteiger partial charge is 0.263 e. The highest BCUT2D eigenvalue weighted by molar-refractivity contribution is 7.92. The topological polar surface area (TPSA) is 81.4 Å². The van der Waals surface area contributed by atoms with E-state index in [0.29, 0.717) is 11.5 Å². The molecular formula is C13H14N2O4S. The molecule has 0 saturated carbocycles. The quantitative estimate of drug-likeness (QED) is 0.857. The maximum absolute atomic E-state index is 12.1. The van der Waals surface area contributed by atoms with Crippen molar-refractivity contribution in [3.63, 3.8) is 0 Å². The minimum absolute atomic E-state index is 0.117. The summed E-state index contributed by atoms with van der Waals surface area (Å²) in [6, 6.07) is 7.55. The van der Waals surface area contributed by atoms with E-state index in [1.165, 1.54) is 24.5 Å². The molecule has 0 saturated heterocycles. The van der Waals surface area contributed by atoms with Gasteiger partial charge in [-0.25, -0.2) is 8.42 Å². The van der Waals surface area contributed by atoms with Crippen LogP contribution in [0.2, 0.25) is 0 Å². The molecule has 2 aromatic rings. The van der Waals surface area contributed by atoms with Crippen LogP contribution in [0.5, 0.6) is 5.75 Å². The molecule has 1 aromatic carbocycles. The number of nitrogens with one attached hydrogen (secondary N) is 1. The SMILES string of the molecule is CC=COc1ccc(S(=O)(=O)Nc2cc(C)on2)cc1. The number of rotatable bonds is 5. The van der Waals surface area contributed by atoms with Gasteiger partial charge in [0.25, 0.3) is 10.0 Å². The first kappa shape index (κ1) is 14.1. The fourth-order valence-electron chi connectivity index (χ4n) is 1.46. The molecule has 2 rings (SSSR count). The van der Waals surface area contributed by atoms with Crippen LogP contribution in [0.25, 0.3) is 0 Å². The molecule has 1 heterocycles. The van der Waals surface area contributed by atoms with Crippen LogP contribution in [0.15, 0.2) is 52.1 Å². The molecule has 1 N–H and O–H groups in total. The molecule has 0 amide bonds. The molecule has 20 heavy (non-hydrogen) atoms. The number of hydrogen-bond donors (Lipinski definition) is 1. The summed E-state index contributed by atoms with van der Waals surface area (Å²) in [6.07, 6.45) is 3.25. The Morgan fingerprint density at radius 1 is 1.30 bits per heavy atom. The van der Waals surface area contributed by atoms with Crippen molar-refractivity contribution in [3.8, 4) is 5.75 Å². The summed E-state index contributed by atoms with van der Waals surface area (Å²) in [4.78, 5) is 0.117. The van der Waals surface area contributed by atoms with Crippen LogP contribution in [0.3, 0.4) is 0 Å². The summed E-state index contributed by atoms with van der Waals surface area (Å²) in [5.41, 5.74) is 0. The lowest BCUT2D eigenvalue weighted by Gasteiger charge is -2.05. The minimum atomic E-state index is -3.68. The highest BCUT2D eigenvalue weighted by Crippen LogP contribution is 2.19. The largest absolute Gasteiger partial charge is 0.465 e. The van der Waals surface area contributed by atoms with Crippen molar-refractivity contribution < 1.29 is 17.7 Å². The average Bonchev–Trinajstić information content (AvgIpc) is 2.81. The number of sulfonamides is 1. The Labute approximate surface area is 117 Å². The van der Waals surface area contributed by atoms with E-state index in [1.807, 2.05) is 6.92 Å². The summed E-state index contributed by atoms with van der Waals surface area (Å²) in [5.74, 6) is 1.23. The average molecular weight is 294 g/mol. The van der Waals surface area contributed by atoms with E-state index in [2.05, 4.69) is 9.88 Å². The number of aryl methyl sites for hydroxylation is 1. The van der Waals surface area contributed by atoms with Gasteiger partial charge in [-0.15, -0.1) is 0 Å². The second-order valence-electron chi connectivity index (χ2n) is 3.99. The summed E-state index contributed by atoms with van der Waals surface area (Å²) in [5, 5.41) is 3.59. The van der Waals surface area contributed by atoms with Gasteiger partial charge in [-0.1, -0.05) is 11.2 Å². The molecule has 0 fully saturated rings. The zero-order valence-corrected chi connectivity index (χ0v) is 11.8. The molecule has 106 valence electrons. The molecular weight excluding hydrogens is 280 g/mol. The van der Waals surface area contributed by atoms with E-state index >= 15 is 0 Å². The van der Waals surface area contributed by atoms with Gasteiger partial charge in [0.05, 0.1) is 11.2 Å². The molecule has 0 unspecified atom stereocenters. The minimum Gasteiger partial charge on any atom is -0.465 e. The third-order valence-corrected chi connectivity index (χ3v) is 3.71. The first-order valence-corrected chi connectivity index (χ1v) is 7.33. The predicted molar refractivity (Wildman–Crippen MR) is 73.9 cm³/mol. The summed E-state index contributed by atoms with van der Waals surface area (Å²) < 4.78 is 36.5. The number of ether oxygens (including phenoxy) is 1. The predicted octanol–water partition coefficient (Wildman–Crippen LogP) is 2.70. The lowest BCUT2D eigenvalue weighted by atomic mass is 10.3. The molecule has 0 bridgehead atoms. The van der Waals surface area contributed by atoms with Gasteiger partial charge in [-0.2, -0.15) is 0 Å². The fraction of sp³-hybridized carbons (Fsp3) is 0.154. The first-order chi connectivity index (χ1) is 9.51. The van der Waals surface area contributed by atoms with Crippen LogP contribution in [0, 0.1) is 6.92 Å². The van der Waals surface area contributed by atoms with Crippen molar-refractivity contribution in [1.82, 2.24) is 5.16 Å².